The highest BCUT2D eigenvalue weighted by atomic mass is 32.2. The molecule has 0 saturated heterocycles. The van der Waals surface area contributed by atoms with Crippen molar-refractivity contribution in [1.29, 1.82) is 0 Å². The lowest BCUT2D eigenvalue weighted by Gasteiger charge is -2.33. The third kappa shape index (κ3) is 3.95. The summed E-state index contributed by atoms with van der Waals surface area (Å²) in [4.78, 5) is 23.4. The van der Waals surface area contributed by atoms with Gasteiger partial charge >= 0.3 is 0 Å². The fraction of sp³-hybridized carbons (Fsp3) is 0.500. The maximum atomic E-state index is 12.3. The predicted octanol–water partition coefficient (Wildman–Crippen LogP) is 2.42. The fourth-order valence-electron chi connectivity index (χ4n) is 1.74. The zero-order chi connectivity index (χ0) is 16.2. The van der Waals surface area contributed by atoms with Gasteiger partial charge in [-0.25, -0.2) is 0 Å². The lowest BCUT2D eigenvalue weighted by molar-refractivity contribution is -0.387. The highest BCUT2D eigenvalue weighted by Crippen LogP contribution is 2.28. The van der Waals surface area contributed by atoms with Gasteiger partial charge in [0, 0.05) is 18.2 Å². The Bertz CT molecular complexity index is 548. The minimum absolute atomic E-state index is 0.0610. The largest absolute Gasteiger partial charge is 0.345 e. The number of rotatable bonds is 6. The van der Waals surface area contributed by atoms with Crippen molar-refractivity contribution in [2.24, 2.45) is 11.7 Å². The van der Waals surface area contributed by atoms with Crippen molar-refractivity contribution < 1.29 is 9.72 Å². The van der Waals surface area contributed by atoms with E-state index in [1.165, 1.54) is 17.8 Å². The number of hydrogen-bond donors (Lipinski definition) is 2. The Balaban J connectivity index is 3.09. The van der Waals surface area contributed by atoms with Gasteiger partial charge < -0.3 is 11.1 Å². The van der Waals surface area contributed by atoms with Crippen molar-refractivity contribution >= 4 is 23.4 Å². The number of carbonyl (C=O) groups excluding carboxylic acids is 1. The first-order chi connectivity index (χ1) is 9.75. The van der Waals surface area contributed by atoms with Crippen molar-refractivity contribution in [2.75, 3.05) is 12.8 Å². The smallest absolute Gasteiger partial charge is 0.283 e. The van der Waals surface area contributed by atoms with Crippen LogP contribution in [0.4, 0.5) is 5.69 Å². The molecule has 0 aliphatic carbocycles. The Labute approximate surface area is 128 Å². The molecule has 3 N–H and O–H groups in total. The predicted molar refractivity (Wildman–Crippen MR) is 84.6 cm³/mol. The van der Waals surface area contributed by atoms with E-state index in [-0.39, 0.29) is 23.1 Å². The van der Waals surface area contributed by atoms with Crippen molar-refractivity contribution in [2.45, 2.75) is 31.2 Å². The number of amides is 1. The number of thioether (sulfide) groups is 1. The third-order valence-electron chi connectivity index (χ3n) is 3.74. The van der Waals surface area contributed by atoms with Crippen LogP contribution in [0.1, 0.15) is 31.1 Å². The molecular formula is C14H21N3O3S. The van der Waals surface area contributed by atoms with Gasteiger partial charge in [0.1, 0.15) is 0 Å². The Morgan fingerprint density at radius 2 is 2.14 bits per heavy atom. The van der Waals surface area contributed by atoms with E-state index in [0.717, 1.165) is 0 Å². The average Bonchev–Trinajstić information content (AvgIpc) is 2.45. The van der Waals surface area contributed by atoms with Crippen molar-refractivity contribution in [3.8, 4) is 0 Å². The average molecular weight is 311 g/mol. The molecule has 1 atom stereocenters. The highest BCUT2D eigenvalue weighted by molar-refractivity contribution is 7.98. The molecule has 21 heavy (non-hydrogen) atoms. The molecule has 0 aliphatic rings. The molecule has 0 bridgehead atoms. The van der Waals surface area contributed by atoms with Gasteiger partial charge in [0.2, 0.25) is 0 Å². The van der Waals surface area contributed by atoms with Crippen LogP contribution in [0.2, 0.25) is 0 Å². The summed E-state index contributed by atoms with van der Waals surface area (Å²) < 4.78 is 0. The van der Waals surface area contributed by atoms with Gasteiger partial charge in [-0.3, -0.25) is 14.9 Å². The molecule has 7 heteroatoms. The van der Waals surface area contributed by atoms with Crippen LogP contribution in [0.5, 0.6) is 0 Å². The van der Waals surface area contributed by atoms with Gasteiger partial charge in [-0.1, -0.05) is 13.8 Å². The summed E-state index contributed by atoms with van der Waals surface area (Å²) in [6.45, 7) is 6.08. The number of hydrogen-bond acceptors (Lipinski definition) is 5. The first-order valence-electron chi connectivity index (χ1n) is 6.60. The van der Waals surface area contributed by atoms with E-state index in [1.807, 2.05) is 20.8 Å². The molecule has 1 unspecified atom stereocenters. The maximum Gasteiger partial charge on any atom is 0.283 e. The van der Waals surface area contributed by atoms with Crippen molar-refractivity contribution in [3.63, 3.8) is 0 Å². The van der Waals surface area contributed by atoms with E-state index in [0.29, 0.717) is 11.4 Å². The number of nitro groups is 1. The Morgan fingerprint density at radius 1 is 1.52 bits per heavy atom. The molecule has 0 heterocycles. The number of nitrogens with one attached hydrogen (secondary N) is 1. The summed E-state index contributed by atoms with van der Waals surface area (Å²) in [6.07, 6.45) is 1.76. The van der Waals surface area contributed by atoms with Crippen molar-refractivity contribution in [3.05, 3.63) is 33.9 Å². The van der Waals surface area contributed by atoms with Crippen LogP contribution in [0.25, 0.3) is 0 Å². The number of nitrogens with zero attached hydrogens (tertiary/aromatic N) is 1. The minimum Gasteiger partial charge on any atom is -0.345 e. The molecular weight excluding hydrogens is 290 g/mol. The lowest BCUT2D eigenvalue weighted by Crippen LogP contribution is -2.55. The SMILES string of the molecule is CSc1ccc(C(=O)NC(C)(CN)C(C)C)cc1[N+](=O)[O-]. The summed E-state index contributed by atoms with van der Waals surface area (Å²) in [6, 6.07) is 4.48. The lowest BCUT2D eigenvalue weighted by atomic mass is 9.88. The molecule has 6 nitrogen and oxygen atoms in total. The Kier molecular flexibility index (Phi) is 5.74. The van der Waals surface area contributed by atoms with E-state index in [9.17, 15) is 14.9 Å². The first kappa shape index (κ1) is 17.5. The van der Waals surface area contributed by atoms with Crippen molar-refractivity contribution in [1.82, 2.24) is 5.32 Å². The highest BCUT2D eigenvalue weighted by Gasteiger charge is 2.29. The molecule has 0 radical (unpaired) electrons. The summed E-state index contributed by atoms with van der Waals surface area (Å²) in [5.74, 6) is -0.209. The van der Waals surface area contributed by atoms with Crippen LogP contribution >= 0.6 is 11.8 Å². The van der Waals surface area contributed by atoms with Gasteiger partial charge in [0.25, 0.3) is 11.6 Å². The molecule has 0 saturated carbocycles. The van der Waals surface area contributed by atoms with Crippen LogP contribution in [-0.4, -0.2) is 29.2 Å². The summed E-state index contributed by atoms with van der Waals surface area (Å²) in [5.41, 5.74) is 5.38. The molecule has 0 fully saturated rings. The maximum absolute atomic E-state index is 12.3. The minimum atomic E-state index is -0.552. The number of nitrogens with two attached hydrogens (primary N) is 1. The van der Waals surface area contributed by atoms with Crippen LogP contribution in [0, 0.1) is 16.0 Å². The molecule has 0 spiro atoms. The van der Waals surface area contributed by atoms with Gasteiger partial charge in [0.15, 0.2) is 0 Å². The van der Waals surface area contributed by atoms with Crippen LogP contribution < -0.4 is 11.1 Å². The van der Waals surface area contributed by atoms with Crippen LogP contribution in [-0.2, 0) is 0 Å². The summed E-state index contributed by atoms with van der Waals surface area (Å²) in [7, 11) is 0. The van der Waals surface area contributed by atoms with E-state index < -0.39 is 10.5 Å². The molecule has 1 aromatic rings. The number of nitro benzene ring substituents is 1. The van der Waals surface area contributed by atoms with Gasteiger partial charge in [-0.15, -0.1) is 11.8 Å². The second-order valence-electron chi connectivity index (χ2n) is 5.37. The standard InChI is InChI=1S/C14H21N3O3S/c1-9(2)14(3,8-15)16-13(18)10-5-6-12(21-4)11(7-10)17(19)20/h5-7,9H,8,15H2,1-4H3,(H,16,18). The first-order valence-corrected chi connectivity index (χ1v) is 7.82. The molecule has 1 amide bonds. The Morgan fingerprint density at radius 3 is 2.57 bits per heavy atom. The molecule has 1 rings (SSSR count). The second kappa shape index (κ2) is 6.91. The fourth-order valence-corrected chi connectivity index (χ4v) is 2.28. The normalized spacial score (nSPS) is 13.8. The van der Waals surface area contributed by atoms with Gasteiger partial charge in [-0.2, -0.15) is 0 Å². The topological polar surface area (TPSA) is 98.3 Å². The summed E-state index contributed by atoms with van der Waals surface area (Å²) >= 11 is 1.27. The number of carbonyl (C=O) groups is 1. The van der Waals surface area contributed by atoms with Gasteiger partial charge in [0.05, 0.1) is 15.4 Å². The molecule has 1 aromatic carbocycles. The van der Waals surface area contributed by atoms with Crippen LogP contribution in [0.15, 0.2) is 23.1 Å². The van der Waals surface area contributed by atoms with Crippen LogP contribution in [0.3, 0.4) is 0 Å². The zero-order valence-electron chi connectivity index (χ0n) is 12.7. The molecule has 116 valence electrons. The summed E-state index contributed by atoms with van der Waals surface area (Å²) in [5, 5.41) is 13.9. The third-order valence-corrected chi connectivity index (χ3v) is 4.52. The van der Waals surface area contributed by atoms with E-state index >= 15 is 0 Å². The van der Waals surface area contributed by atoms with E-state index in [2.05, 4.69) is 5.32 Å². The Hall–Kier alpha value is -1.60. The number of benzene rings is 1. The van der Waals surface area contributed by atoms with Gasteiger partial charge in [-0.05, 0) is 31.2 Å². The second-order valence-corrected chi connectivity index (χ2v) is 6.22. The molecule has 0 aromatic heterocycles. The monoisotopic (exact) mass is 311 g/mol. The zero-order valence-corrected chi connectivity index (χ0v) is 13.5. The molecule has 0 aliphatic heterocycles. The van der Waals surface area contributed by atoms with E-state index in [1.54, 1.807) is 18.4 Å². The van der Waals surface area contributed by atoms with E-state index in [4.69, 9.17) is 5.73 Å². The quantitative estimate of drug-likeness (QED) is 0.477.